The van der Waals surface area contributed by atoms with Crippen LogP contribution in [-0.2, 0) is 6.54 Å². The molecule has 1 atom stereocenters. The number of nitrogens with one attached hydrogen (secondary N) is 1. The van der Waals surface area contributed by atoms with E-state index in [9.17, 15) is 0 Å². The summed E-state index contributed by atoms with van der Waals surface area (Å²) in [4.78, 5) is 8.31. The van der Waals surface area contributed by atoms with Crippen LogP contribution in [0.4, 0.5) is 0 Å². The number of aryl methyl sites for hydroxylation is 1. The molecular formula is C13H19N5. The van der Waals surface area contributed by atoms with Gasteiger partial charge in [0.1, 0.15) is 6.33 Å². The normalized spacial score (nSPS) is 12.6. The first kappa shape index (κ1) is 12.7. The zero-order valence-corrected chi connectivity index (χ0v) is 10.9. The van der Waals surface area contributed by atoms with Crippen LogP contribution >= 0.6 is 0 Å². The standard InChI is InChI=1S/C13H19N5/c1-3-9-18-12(6-8-17-18)13(15-4-2)11-5-7-14-10-16-11/h5-8,10,13,15H,3-4,9H2,1-2H3. The maximum atomic E-state index is 4.37. The fourth-order valence-electron chi connectivity index (χ4n) is 2.02. The lowest BCUT2D eigenvalue weighted by Gasteiger charge is -2.18. The molecule has 1 N–H and O–H groups in total. The third-order valence-electron chi connectivity index (χ3n) is 2.79. The van der Waals surface area contributed by atoms with Gasteiger partial charge in [0.25, 0.3) is 0 Å². The second-order valence-electron chi connectivity index (χ2n) is 4.10. The summed E-state index contributed by atoms with van der Waals surface area (Å²) >= 11 is 0. The Morgan fingerprint density at radius 1 is 1.28 bits per heavy atom. The van der Waals surface area contributed by atoms with E-state index < -0.39 is 0 Å². The van der Waals surface area contributed by atoms with Crippen molar-refractivity contribution in [2.24, 2.45) is 0 Å². The predicted octanol–water partition coefficient (Wildman–Crippen LogP) is 1.78. The lowest BCUT2D eigenvalue weighted by atomic mass is 10.1. The van der Waals surface area contributed by atoms with E-state index in [1.54, 1.807) is 12.5 Å². The van der Waals surface area contributed by atoms with Crippen molar-refractivity contribution in [3.63, 3.8) is 0 Å². The van der Waals surface area contributed by atoms with Gasteiger partial charge in [-0.05, 0) is 25.1 Å². The van der Waals surface area contributed by atoms with Gasteiger partial charge in [-0.3, -0.25) is 4.68 Å². The molecule has 18 heavy (non-hydrogen) atoms. The summed E-state index contributed by atoms with van der Waals surface area (Å²) in [7, 11) is 0. The van der Waals surface area contributed by atoms with E-state index in [1.807, 2.05) is 23.0 Å². The molecule has 0 aliphatic heterocycles. The minimum Gasteiger partial charge on any atom is -0.304 e. The second-order valence-corrected chi connectivity index (χ2v) is 4.10. The summed E-state index contributed by atoms with van der Waals surface area (Å²) in [5.41, 5.74) is 2.13. The Morgan fingerprint density at radius 3 is 2.83 bits per heavy atom. The highest BCUT2D eigenvalue weighted by Crippen LogP contribution is 2.19. The minimum atomic E-state index is 0.0760. The summed E-state index contributed by atoms with van der Waals surface area (Å²) < 4.78 is 2.04. The van der Waals surface area contributed by atoms with Crippen LogP contribution in [-0.4, -0.2) is 26.3 Å². The number of nitrogens with zero attached hydrogens (tertiary/aromatic N) is 4. The fraction of sp³-hybridized carbons (Fsp3) is 0.462. The average molecular weight is 245 g/mol. The van der Waals surface area contributed by atoms with E-state index >= 15 is 0 Å². The second kappa shape index (κ2) is 6.26. The molecule has 0 radical (unpaired) electrons. The summed E-state index contributed by atoms with van der Waals surface area (Å²) in [5, 5.41) is 7.82. The largest absolute Gasteiger partial charge is 0.304 e. The van der Waals surface area contributed by atoms with Gasteiger partial charge in [0, 0.05) is 18.9 Å². The molecule has 0 amide bonds. The van der Waals surface area contributed by atoms with Gasteiger partial charge in [-0.25, -0.2) is 9.97 Å². The van der Waals surface area contributed by atoms with Crippen LogP contribution in [0.2, 0.25) is 0 Å². The Bertz CT molecular complexity index is 465. The van der Waals surface area contributed by atoms with E-state index in [2.05, 4.69) is 34.2 Å². The lowest BCUT2D eigenvalue weighted by Crippen LogP contribution is -2.25. The van der Waals surface area contributed by atoms with Crippen LogP contribution in [0.25, 0.3) is 0 Å². The highest BCUT2D eigenvalue weighted by Gasteiger charge is 2.18. The third kappa shape index (κ3) is 2.73. The summed E-state index contributed by atoms with van der Waals surface area (Å²) in [5.74, 6) is 0. The van der Waals surface area contributed by atoms with E-state index in [4.69, 9.17) is 0 Å². The molecule has 2 heterocycles. The average Bonchev–Trinajstić information content (AvgIpc) is 2.85. The summed E-state index contributed by atoms with van der Waals surface area (Å²) in [6, 6.07) is 4.06. The van der Waals surface area contributed by atoms with Gasteiger partial charge in [-0.1, -0.05) is 13.8 Å². The van der Waals surface area contributed by atoms with Crippen LogP contribution in [0.5, 0.6) is 0 Å². The zero-order chi connectivity index (χ0) is 12.8. The Balaban J connectivity index is 2.32. The first-order valence-corrected chi connectivity index (χ1v) is 6.37. The quantitative estimate of drug-likeness (QED) is 0.843. The Hall–Kier alpha value is -1.75. The van der Waals surface area contributed by atoms with Crippen LogP contribution in [0.1, 0.15) is 37.7 Å². The minimum absolute atomic E-state index is 0.0760. The molecule has 1 unspecified atom stereocenters. The van der Waals surface area contributed by atoms with Gasteiger partial charge in [-0.2, -0.15) is 5.10 Å². The molecule has 0 spiro atoms. The fourth-order valence-corrected chi connectivity index (χ4v) is 2.02. The molecule has 2 aromatic heterocycles. The van der Waals surface area contributed by atoms with Crippen LogP contribution < -0.4 is 5.32 Å². The molecule has 0 fully saturated rings. The maximum absolute atomic E-state index is 4.37. The molecule has 96 valence electrons. The van der Waals surface area contributed by atoms with Gasteiger partial charge in [-0.15, -0.1) is 0 Å². The highest BCUT2D eigenvalue weighted by molar-refractivity contribution is 5.20. The van der Waals surface area contributed by atoms with Crippen LogP contribution in [0.15, 0.2) is 30.9 Å². The van der Waals surface area contributed by atoms with E-state index in [0.717, 1.165) is 30.9 Å². The molecule has 0 bridgehead atoms. The predicted molar refractivity (Wildman–Crippen MR) is 70.1 cm³/mol. The van der Waals surface area contributed by atoms with Gasteiger partial charge in [0.2, 0.25) is 0 Å². The summed E-state index contributed by atoms with van der Waals surface area (Å²) in [6.07, 6.45) is 6.27. The molecule has 2 aromatic rings. The molecule has 0 saturated heterocycles. The molecular weight excluding hydrogens is 226 g/mol. The van der Waals surface area contributed by atoms with E-state index in [0.29, 0.717) is 0 Å². The van der Waals surface area contributed by atoms with Crippen LogP contribution in [0, 0.1) is 0 Å². The summed E-state index contributed by atoms with van der Waals surface area (Å²) in [6.45, 7) is 6.05. The van der Waals surface area contributed by atoms with Crippen LogP contribution in [0.3, 0.4) is 0 Å². The van der Waals surface area contributed by atoms with Gasteiger partial charge in [0.05, 0.1) is 17.4 Å². The molecule has 2 rings (SSSR count). The van der Waals surface area contributed by atoms with E-state index in [1.165, 1.54) is 0 Å². The molecule has 5 nitrogen and oxygen atoms in total. The highest BCUT2D eigenvalue weighted by atomic mass is 15.3. The third-order valence-corrected chi connectivity index (χ3v) is 2.79. The van der Waals surface area contributed by atoms with Crippen molar-refractivity contribution in [3.05, 3.63) is 42.2 Å². The first-order valence-electron chi connectivity index (χ1n) is 6.37. The van der Waals surface area contributed by atoms with Crippen molar-refractivity contribution >= 4 is 0 Å². The van der Waals surface area contributed by atoms with Crippen molar-refractivity contribution < 1.29 is 0 Å². The van der Waals surface area contributed by atoms with Crippen molar-refractivity contribution in [2.45, 2.75) is 32.9 Å². The first-order chi connectivity index (χ1) is 8.86. The number of hydrogen-bond acceptors (Lipinski definition) is 4. The van der Waals surface area contributed by atoms with Crippen molar-refractivity contribution in [3.8, 4) is 0 Å². The zero-order valence-electron chi connectivity index (χ0n) is 10.9. The molecule has 0 aromatic carbocycles. The lowest BCUT2D eigenvalue weighted by molar-refractivity contribution is 0.514. The molecule has 0 aliphatic rings. The Kier molecular flexibility index (Phi) is 4.41. The number of aromatic nitrogens is 4. The molecule has 0 aliphatic carbocycles. The monoisotopic (exact) mass is 245 g/mol. The van der Waals surface area contributed by atoms with Gasteiger partial charge in [0.15, 0.2) is 0 Å². The van der Waals surface area contributed by atoms with Crippen molar-refractivity contribution in [1.82, 2.24) is 25.1 Å². The smallest absolute Gasteiger partial charge is 0.115 e. The molecule has 0 saturated carbocycles. The maximum Gasteiger partial charge on any atom is 0.115 e. The van der Waals surface area contributed by atoms with E-state index in [-0.39, 0.29) is 6.04 Å². The Labute approximate surface area is 107 Å². The van der Waals surface area contributed by atoms with Gasteiger partial charge < -0.3 is 5.32 Å². The van der Waals surface area contributed by atoms with Crippen molar-refractivity contribution in [1.29, 1.82) is 0 Å². The molecule has 5 heteroatoms. The number of rotatable bonds is 6. The van der Waals surface area contributed by atoms with Crippen molar-refractivity contribution in [2.75, 3.05) is 6.54 Å². The Morgan fingerprint density at radius 2 is 2.17 bits per heavy atom. The van der Waals surface area contributed by atoms with Gasteiger partial charge >= 0.3 is 0 Å². The number of hydrogen-bond donors (Lipinski definition) is 1. The topological polar surface area (TPSA) is 55.6 Å². The SMILES string of the molecule is CCCn1nccc1C(NCC)c1ccncn1.